The van der Waals surface area contributed by atoms with Crippen LogP contribution < -0.4 is 14.4 Å². The molecule has 3 aromatic carbocycles. The number of nitrogens with one attached hydrogen (secondary N) is 1. The van der Waals surface area contributed by atoms with Crippen molar-refractivity contribution in [1.29, 1.82) is 0 Å². The van der Waals surface area contributed by atoms with Crippen molar-refractivity contribution in [2.45, 2.75) is 11.8 Å². The predicted octanol–water partition coefficient (Wildman–Crippen LogP) is 6.26. The van der Waals surface area contributed by atoms with Crippen LogP contribution in [0.1, 0.15) is 11.1 Å². The van der Waals surface area contributed by atoms with Gasteiger partial charge in [-0.15, -0.1) is 0 Å². The van der Waals surface area contributed by atoms with Gasteiger partial charge in [0.05, 0.1) is 20.2 Å². The molecule has 190 valence electrons. The van der Waals surface area contributed by atoms with Gasteiger partial charge >= 0.3 is 16.1 Å². The van der Waals surface area contributed by atoms with Crippen LogP contribution in [0.4, 0.5) is 10.5 Å². The second-order valence-corrected chi connectivity index (χ2v) is 11.8. The van der Waals surface area contributed by atoms with E-state index in [1.54, 1.807) is 12.1 Å². The lowest BCUT2D eigenvalue weighted by Gasteiger charge is -2.26. The van der Waals surface area contributed by atoms with E-state index in [2.05, 4.69) is 37.2 Å². The van der Waals surface area contributed by atoms with Gasteiger partial charge in [0.1, 0.15) is 10.5 Å². The Balaban J connectivity index is 1.79. The van der Waals surface area contributed by atoms with E-state index >= 15 is 0 Å². The van der Waals surface area contributed by atoms with Gasteiger partial charge in [-0.1, -0.05) is 56.8 Å². The van der Waals surface area contributed by atoms with Gasteiger partial charge in [-0.2, -0.15) is 8.42 Å². The number of hydrogen-bond donors (Lipinski definition) is 1. The molecule has 1 saturated heterocycles. The summed E-state index contributed by atoms with van der Waals surface area (Å²) in [5.74, 6) is -2.11. The first-order chi connectivity index (χ1) is 17.4. The molecule has 37 heavy (non-hydrogen) atoms. The van der Waals surface area contributed by atoms with Crippen molar-refractivity contribution in [3.05, 3.63) is 90.3 Å². The van der Waals surface area contributed by atoms with Crippen LogP contribution in [0, 0.1) is 6.92 Å². The first kappa shape index (κ1) is 27.3. The number of aryl methyl sites for hydroxylation is 1. The molecule has 13 heteroatoms. The number of carbonyl (C=O) groups excluding carboxylic acids is 3. The van der Waals surface area contributed by atoms with E-state index in [-0.39, 0.29) is 36.4 Å². The van der Waals surface area contributed by atoms with Gasteiger partial charge in [-0.25, -0.2) is 9.69 Å². The highest BCUT2D eigenvalue weighted by atomic mass is 79.9. The fourth-order valence-electron chi connectivity index (χ4n) is 3.31. The molecule has 0 spiro atoms. The highest BCUT2D eigenvalue weighted by Gasteiger charge is 2.37. The van der Waals surface area contributed by atoms with E-state index in [4.69, 9.17) is 27.4 Å². The number of amides is 4. The molecule has 0 aliphatic carbocycles. The van der Waals surface area contributed by atoms with Crippen LogP contribution in [0.5, 0.6) is 5.75 Å². The van der Waals surface area contributed by atoms with Gasteiger partial charge in [0.15, 0.2) is 5.75 Å². The van der Waals surface area contributed by atoms with Gasteiger partial charge < -0.3 is 4.18 Å². The molecule has 0 unspecified atom stereocenters. The number of imide groups is 2. The van der Waals surface area contributed by atoms with Crippen LogP contribution in [0.15, 0.2) is 74.0 Å². The summed E-state index contributed by atoms with van der Waals surface area (Å²) < 4.78 is 32.1. The van der Waals surface area contributed by atoms with Gasteiger partial charge in [0.2, 0.25) is 0 Å². The zero-order valence-corrected chi connectivity index (χ0v) is 24.1. The number of anilines is 1. The summed E-state index contributed by atoms with van der Waals surface area (Å²) in [6.07, 6.45) is 1.13. The quantitative estimate of drug-likeness (QED) is 0.193. The second-order valence-electron chi connectivity index (χ2n) is 7.71. The number of nitrogens with zero attached hydrogens (tertiary/aromatic N) is 1. The monoisotopic (exact) mass is 686 g/mol. The largest absolute Gasteiger partial charge is 0.377 e. The smallest absolute Gasteiger partial charge is 0.339 e. The number of barbiturate groups is 1. The molecule has 1 fully saturated rings. The average Bonchev–Trinajstić information content (AvgIpc) is 2.81. The topological polar surface area (TPSA) is 110 Å². The number of carbonyl (C=O) groups is 3. The number of rotatable bonds is 5. The van der Waals surface area contributed by atoms with E-state index in [0.717, 1.165) is 11.6 Å². The molecule has 0 aromatic heterocycles. The van der Waals surface area contributed by atoms with Gasteiger partial charge in [-0.05, 0) is 71.4 Å². The minimum absolute atomic E-state index is 0.0684. The molecule has 1 aliphatic rings. The zero-order valence-electron chi connectivity index (χ0n) is 18.6. The van der Waals surface area contributed by atoms with Crippen LogP contribution in [0.25, 0.3) is 6.08 Å². The number of urea groups is 1. The number of benzene rings is 3. The van der Waals surface area contributed by atoms with Crippen LogP contribution in [0.2, 0.25) is 10.0 Å². The SMILES string of the molecule is Cc1ccc(S(=O)(=O)Oc2c(Br)cc(Br)cc2/C=C2\C(=O)NC(=O)N(c3ccc(Cl)c(Cl)c3)C2=O)cc1. The van der Waals surface area contributed by atoms with Crippen LogP contribution >= 0.6 is 55.1 Å². The molecule has 0 radical (unpaired) electrons. The summed E-state index contributed by atoms with van der Waals surface area (Å²) >= 11 is 18.5. The van der Waals surface area contributed by atoms with Crippen LogP contribution in [0.3, 0.4) is 0 Å². The minimum atomic E-state index is -4.28. The minimum Gasteiger partial charge on any atom is -0.377 e. The Morgan fingerprint density at radius 1 is 0.946 bits per heavy atom. The van der Waals surface area contributed by atoms with Gasteiger partial charge in [-0.3, -0.25) is 14.9 Å². The Hall–Kier alpha value is -2.70. The molecule has 1 N–H and O–H groups in total. The molecule has 1 aliphatic heterocycles. The summed E-state index contributed by atoms with van der Waals surface area (Å²) in [6, 6.07) is 12.1. The molecule has 0 bridgehead atoms. The summed E-state index contributed by atoms with van der Waals surface area (Å²) in [5, 5.41) is 2.39. The zero-order chi connectivity index (χ0) is 27.1. The molecule has 1 heterocycles. The average molecular weight is 689 g/mol. The first-order valence-corrected chi connectivity index (χ1v) is 14.0. The molecule has 8 nitrogen and oxygen atoms in total. The van der Waals surface area contributed by atoms with Crippen molar-refractivity contribution < 1.29 is 27.0 Å². The van der Waals surface area contributed by atoms with Gasteiger partial charge in [0, 0.05) is 10.0 Å². The van der Waals surface area contributed by atoms with E-state index in [1.165, 1.54) is 42.5 Å². The molecule has 4 rings (SSSR count). The Kier molecular flexibility index (Phi) is 7.82. The maximum Gasteiger partial charge on any atom is 0.339 e. The molecular weight excluding hydrogens is 675 g/mol. The lowest BCUT2D eigenvalue weighted by molar-refractivity contribution is -0.122. The van der Waals surface area contributed by atoms with Crippen molar-refractivity contribution in [2.24, 2.45) is 0 Å². The summed E-state index contributed by atoms with van der Waals surface area (Å²) in [4.78, 5) is 39.1. The maximum atomic E-state index is 13.3. The van der Waals surface area contributed by atoms with Crippen molar-refractivity contribution >= 4 is 94.8 Å². The lowest BCUT2D eigenvalue weighted by atomic mass is 10.1. The fraction of sp³-hybridized carbons (Fsp3) is 0.0417. The standard InChI is InChI=1S/C24H14Br2Cl2N2O6S/c1-12-2-5-16(6-3-12)37(34,35)36-21-13(8-14(25)10-18(21)26)9-17-22(31)29-24(33)30(23(17)32)15-4-7-19(27)20(28)11-15/h2-11H,1H3,(H,29,31,33)/b17-9+. The van der Waals surface area contributed by atoms with Crippen LogP contribution in [-0.4, -0.2) is 26.3 Å². The maximum absolute atomic E-state index is 13.3. The van der Waals surface area contributed by atoms with Crippen molar-refractivity contribution in [3.63, 3.8) is 0 Å². The molecule has 0 saturated carbocycles. The molecule has 4 amide bonds. The van der Waals surface area contributed by atoms with E-state index < -0.39 is 33.5 Å². The van der Waals surface area contributed by atoms with E-state index in [9.17, 15) is 22.8 Å². The van der Waals surface area contributed by atoms with Crippen LogP contribution in [-0.2, 0) is 19.7 Å². The van der Waals surface area contributed by atoms with Crippen molar-refractivity contribution in [2.75, 3.05) is 4.90 Å². The third-order valence-electron chi connectivity index (χ3n) is 5.10. The Morgan fingerprint density at radius 2 is 1.62 bits per heavy atom. The number of halogens is 4. The van der Waals surface area contributed by atoms with Gasteiger partial charge in [0.25, 0.3) is 11.8 Å². The third kappa shape index (κ3) is 5.75. The van der Waals surface area contributed by atoms with Crippen molar-refractivity contribution in [3.8, 4) is 5.75 Å². The number of hydrogen-bond acceptors (Lipinski definition) is 6. The summed E-state index contributed by atoms with van der Waals surface area (Å²) in [7, 11) is -4.28. The van der Waals surface area contributed by atoms with E-state index in [0.29, 0.717) is 9.37 Å². The van der Waals surface area contributed by atoms with E-state index in [1.807, 2.05) is 6.92 Å². The lowest BCUT2D eigenvalue weighted by Crippen LogP contribution is -2.54. The molecular formula is C24H14Br2Cl2N2O6S. The normalized spacial score (nSPS) is 15.2. The Morgan fingerprint density at radius 3 is 2.27 bits per heavy atom. The molecule has 0 atom stereocenters. The summed E-state index contributed by atoms with van der Waals surface area (Å²) in [6.45, 7) is 1.81. The third-order valence-corrected chi connectivity index (χ3v) is 8.12. The highest BCUT2D eigenvalue weighted by Crippen LogP contribution is 2.37. The summed E-state index contributed by atoms with van der Waals surface area (Å²) in [5.41, 5.74) is 0.549. The Labute approximate surface area is 238 Å². The Bertz CT molecular complexity index is 1610. The second kappa shape index (κ2) is 10.6. The first-order valence-electron chi connectivity index (χ1n) is 10.2. The fourth-order valence-corrected chi connectivity index (χ4v) is 6.02. The predicted molar refractivity (Wildman–Crippen MR) is 146 cm³/mol. The van der Waals surface area contributed by atoms with Crippen molar-refractivity contribution in [1.82, 2.24) is 5.32 Å². The molecule has 3 aromatic rings. The highest BCUT2D eigenvalue weighted by molar-refractivity contribution is 9.11.